The predicted molar refractivity (Wildman–Crippen MR) is 60.4 cm³/mol. The molecule has 0 N–H and O–H groups in total. The first-order valence-corrected chi connectivity index (χ1v) is 5.91. The van der Waals surface area contributed by atoms with Gasteiger partial charge in [-0.25, -0.2) is 0 Å². The zero-order valence-electron chi connectivity index (χ0n) is 9.32. The summed E-state index contributed by atoms with van der Waals surface area (Å²) in [6.45, 7) is 0. The van der Waals surface area contributed by atoms with Crippen molar-refractivity contribution >= 4 is 14.7 Å². The molecule has 15 heavy (non-hydrogen) atoms. The van der Waals surface area contributed by atoms with Gasteiger partial charge >= 0.3 is 0 Å². The maximum absolute atomic E-state index is 5.22. The molecule has 1 aromatic rings. The van der Waals surface area contributed by atoms with Gasteiger partial charge in [0, 0.05) is 27.4 Å². The number of ether oxygens (including phenoxy) is 3. The summed E-state index contributed by atoms with van der Waals surface area (Å²) >= 11 is 0. The summed E-state index contributed by atoms with van der Waals surface area (Å²) in [7, 11) is 5.36. The van der Waals surface area contributed by atoms with Crippen molar-refractivity contribution in [2.24, 2.45) is 0 Å². The molecule has 0 atom stereocenters. The van der Waals surface area contributed by atoms with Crippen LogP contribution >= 0.6 is 0 Å². The Kier molecular flexibility index (Phi) is 4.97. The Bertz CT molecular complexity index is 264. The molecule has 0 saturated heterocycles. The summed E-state index contributed by atoms with van der Waals surface area (Å²) in [4.78, 5) is 0. The summed E-state index contributed by atoms with van der Waals surface area (Å²) in [6, 6.07) is 10.9. The molecule has 0 heterocycles. The van der Waals surface area contributed by atoms with Gasteiger partial charge in [-0.05, 0) is 0 Å². The third-order valence-corrected chi connectivity index (χ3v) is 3.57. The van der Waals surface area contributed by atoms with E-state index in [-0.39, 0.29) is 0 Å². The summed E-state index contributed by atoms with van der Waals surface area (Å²) in [6.07, 6.45) is 0. The number of benzene rings is 1. The van der Waals surface area contributed by atoms with Crippen LogP contribution in [-0.2, 0) is 14.2 Å². The van der Waals surface area contributed by atoms with E-state index in [0.717, 1.165) is 0 Å². The van der Waals surface area contributed by atoms with Gasteiger partial charge in [0.05, 0.1) is 9.52 Å². The van der Waals surface area contributed by atoms with Crippen molar-refractivity contribution in [1.82, 2.24) is 0 Å². The smallest absolute Gasteiger partial charge is 0.279 e. The Morgan fingerprint density at radius 1 is 1.00 bits per heavy atom. The topological polar surface area (TPSA) is 27.7 Å². The van der Waals surface area contributed by atoms with Gasteiger partial charge in [0.1, 0.15) is 0 Å². The third kappa shape index (κ3) is 3.42. The SMILES string of the molecule is COC(C[Si]c1ccccc1)(OC)OC. The van der Waals surface area contributed by atoms with E-state index in [0.29, 0.717) is 15.6 Å². The lowest BCUT2D eigenvalue weighted by molar-refractivity contribution is -0.339. The highest BCUT2D eigenvalue weighted by atomic mass is 28.2. The minimum absolute atomic E-state index is 0.601. The standard InChI is InChI=1S/C11H16O3Si/c1-12-11(13-2,14-3)9-15-10-7-5-4-6-8-10/h4-8H,9H2,1-3H3. The molecule has 0 unspecified atom stereocenters. The minimum atomic E-state index is -0.908. The van der Waals surface area contributed by atoms with Gasteiger partial charge in [-0.1, -0.05) is 35.5 Å². The summed E-state index contributed by atoms with van der Waals surface area (Å²) < 4.78 is 15.7. The normalized spacial score (nSPS) is 11.7. The Morgan fingerprint density at radius 3 is 2.00 bits per heavy atom. The number of rotatable bonds is 6. The molecule has 0 fully saturated rings. The first kappa shape index (κ1) is 12.4. The van der Waals surface area contributed by atoms with Crippen LogP contribution in [0.25, 0.3) is 0 Å². The highest BCUT2D eigenvalue weighted by Gasteiger charge is 2.29. The molecule has 0 aliphatic rings. The molecule has 2 radical (unpaired) electrons. The molecule has 0 aliphatic carbocycles. The summed E-state index contributed by atoms with van der Waals surface area (Å²) in [5.74, 6) is -0.908. The number of methoxy groups -OCH3 is 3. The van der Waals surface area contributed by atoms with Crippen LogP contribution in [0.5, 0.6) is 0 Å². The highest BCUT2D eigenvalue weighted by Crippen LogP contribution is 2.16. The lowest BCUT2D eigenvalue weighted by Gasteiger charge is -2.28. The van der Waals surface area contributed by atoms with Crippen LogP contribution in [0.3, 0.4) is 0 Å². The van der Waals surface area contributed by atoms with E-state index in [1.807, 2.05) is 18.2 Å². The first-order valence-electron chi connectivity index (χ1n) is 4.70. The zero-order valence-corrected chi connectivity index (χ0v) is 10.3. The molecule has 82 valence electrons. The fraction of sp³-hybridized carbons (Fsp3) is 0.455. The molecule has 3 nitrogen and oxygen atoms in total. The van der Waals surface area contributed by atoms with Gasteiger partial charge < -0.3 is 14.2 Å². The largest absolute Gasteiger partial charge is 0.331 e. The lowest BCUT2D eigenvalue weighted by atomic mass is 10.4. The van der Waals surface area contributed by atoms with Crippen LogP contribution in [0, 0.1) is 0 Å². The average Bonchev–Trinajstić information content (AvgIpc) is 2.33. The minimum Gasteiger partial charge on any atom is -0.331 e. The average molecular weight is 224 g/mol. The van der Waals surface area contributed by atoms with E-state index in [9.17, 15) is 0 Å². The molecule has 0 aliphatic heterocycles. The molecule has 0 spiro atoms. The van der Waals surface area contributed by atoms with Crippen molar-refractivity contribution in [1.29, 1.82) is 0 Å². The maximum atomic E-state index is 5.22. The van der Waals surface area contributed by atoms with Crippen molar-refractivity contribution in [3.05, 3.63) is 30.3 Å². The third-order valence-electron chi connectivity index (χ3n) is 2.22. The molecular formula is C11H16O3Si. The Labute approximate surface area is 93.2 Å². The molecule has 0 saturated carbocycles. The highest BCUT2D eigenvalue weighted by molar-refractivity contribution is 6.53. The van der Waals surface area contributed by atoms with Gasteiger partial charge in [-0.15, -0.1) is 0 Å². The Morgan fingerprint density at radius 2 is 1.53 bits per heavy atom. The molecule has 1 aromatic carbocycles. The molecule has 0 bridgehead atoms. The Balaban J connectivity index is 2.54. The maximum Gasteiger partial charge on any atom is 0.279 e. The second-order valence-electron chi connectivity index (χ2n) is 3.01. The fourth-order valence-electron chi connectivity index (χ4n) is 1.23. The van der Waals surface area contributed by atoms with Crippen LogP contribution in [-0.4, -0.2) is 36.8 Å². The van der Waals surface area contributed by atoms with Crippen LogP contribution in [0.15, 0.2) is 30.3 Å². The van der Waals surface area contributed by atoms with E-state index in [1.54, 1.807) is 21.3 Å². The van der Waals surface area contributed by atoms with Crippen LogP contribution in [0.4, 0.5) is 0 Å². The van der Waals surface area contributed by atoms with E-state index in [2.05, 4.69) is 12.1 Å². The molecular weight excluding hydrogens is 208 g/mol. The monoisotopic (exact) mass is 224 g/mol. The van der Waals surface area contributed by atoms with Crippen LogP contribution < -0.4 is 5.19 Å². The van der Waals surface area contributed by atoms with Crippen molar-refractivity contribution in [2.75, 3.05) is 21.3 Å². The number of hydrogen-bond donors (Lipinski definition) is 0. The fourth-order valence-corrected chi connectivity index (χ4v) is 2.51. The second-order valence-corrected chi connectivity index (χ2v) is 4.30. The van der Waals surface area contributed by atoms with Gasteiger partial charge in [0.2, 0.25) is 0 Å². The molecule has 4 heteroatoms. The molecule has 0 aromatic heterocycles. The van der Waals surface area contributed by atoms with Crippen LogP contribution in [0.2, 0.25) is 6.04 Å². The lowest BCUT2D eigenvalue weighted by Crippen LogP contribution is -2.38. The van der Waals surface area contributed by atoms with E-state index in [4.69, 9.17) is 14.2 Å². The van der Waals surface area contributed by atoms with Gasteiger partial charge in [-0.3, -0.25) is 0 Å². The second kappa shape index (κ2) is 6.02. The molecule has 1 rings (SSSR count). The van der Waals surface area contributed by atoms with Gasteiger partial charge in [0.15, 0.2) is 0 Å². The quantitative estimate of drug-likeness (QED) is 0.533. The van der Waals surface area contributed by atoms with E-state index in [1.165, 1.54) is 5.19 Å². The van der Waals surface area contributed by atoms with Crippen LogP contribution in [0.1, 0.15) is 0 Å². The Hall–Kier alpha value is -0.683. The zero-order chi connectivity index (χ0) is 11.1. The first-order chi connectivity index (χ1) is 7.26. The van der Waals surface area contributed by atoms with Crippen molar-refractivity contribution in [3.8, 4) is 0 Å². The summed E-state index contributed by atoms with van der Waals surface area (Å²) in [5.41, 5.74) is 0. The van der Waals surface area contributed by atoms with Crippen molar-refractivity contribution < 1.29 is 14.2 Å². The van der Waals surface area contributed by atoms with E-state index >= 15 is 0 Å². The number of hydrogen-bond acceptors (Lipinski definition) is 3. The summed E-state index contributed by atoms with van der Waals surface area (Å²) in [5, 5.41) is 1.27. The van der Waals surface area contributed by atoms with Crippen molar-refractivity contribution in [2.45, 2.75) is 12.0 Å². The van der Waals surface area contributed by atoms with Gasteiger partial charge in [0.25, 0.3) is 5.97 Å². The molecule has 0 amide bonds. The predicted octanol–water partition coefficient (Wildman–Crippen LogP) is 1.03. The van der Waals surface area contributed by atoms with Gasteiger partial charge in [-0.2, -0.15) is 0 Å². The van der Waals surface area contributed by atoms with E-state index < -0.39 is 5.97 Å². The van der Waals surface area contributed by atoms with Crippen molar-refractivity contribution in [3.63, 3.8) is 0 Å².